The van der Waals surface area contributed by atoms with Gasteiger partial charge in [-0.05, 0) is 60.8 Å². The second kappa shape index (κ2) is 6.47. The summed E-state index contributed by atoms with van der Waals surface area (Å²) in [5, 5.41) is 14.1. The molecular weight excluding hydrogens is 244 g/mol. The van der Waals surface area contributed by atoms with Gasteiger partial charge >= 0.3 is 5.82 Å². The maximum atomic E-state index is 11.0. The fraction of sp³-hybridized carbons (Fsp3) is 0.615. The Balaban J connectivity index is 2.00. The molecule has 0 aliphatic carbocycles. The minimum atomic E-state index is -0.400. The van der Waals surface area contributed by atoms with Gasteiger partial charge in [-0.3, -0.25) is 0 Å². The second-order valence-corrected chi connectivity index (χ2v) is 4.93. The number of rotatable bonds is 5. The van der Waals surface area contributed by atoms with E-state index in [0.717, 1.165) is 38.4 Å². The van der Waals surface area contributed by atoms with Crippen molar-refractivity contribution in [3.05, 3.63) is 28.4 Å². The Morgan fingerprint density at radius 2 is 2.26 bits per heavy atom. The number of piperidine rings is 1. The van der Waals surface area contributed by atoms with Crippen LogP contribution in [-0.2, 0) is 0 Å². The van der Waals surface area contributed by atoms with Crippen LogP contribution in [0.25, 0.3) is 0 Å². The lowest BCUT2D eigenvalue weighted by atomic mass is 9.93. The number of hydrogen-bond acceptors (Lipinski definition) is 5. The minimum Gasteiger partial charge on any atom is -0.365 e. The summed E-state index contributed by atoms with van der Waals surface area (Å²) in [4.78, 5) is 16.5. The molecule has 1 fully saturated rings. The Labute approximate surface area is 113 Å². The molecule has 0 unspecified atom stereocenters. The lowest BCUT2D eigenvalue weighted by Crippen LogP contribution is -2.35. The summed E-state index contributed by atoms with van der Waals surface area (Å²) in [5.74, 6) is 0.690. The summed E-state index contributed by atoms with van der Waals surface area (Å²) in [7, 11) is 1.97. The van der Waals surface area contributed by atoms with Gasteiger partial charge in [-0.15, -0.1) is 0 Å². The summed E-state index contributed by atoms with van der Waals surface area (Å²) >= 11 is 0. The van der Waals surface area contributed by atoms with Gasteiger partial charge in [0.2, 0.25) is 0 Å². The van der Waals surface area contributed by atoms with Crippen molar-refractivity contribution in [2.75, 3.05) is 31.6 Å². The monoisotopic (exact) mass is 264 g/mol. The SMILES string of the molecule is CNCCC1CCN(c2cccnc2[N+](=O)[O-])CC1. The van der Waals surface area contributed by atoms with Gasteiger partial charge in [-0.1, -0.05) is 0 Å². The molecule has 1 aromatic heterocycles. The molecule has 2 rings (SSSR count). The third kappa shape index (κ3) is 3.41. The van der Waals surface area contributed by atoms with Crippen molar-refractivity contribution in [1.29, 1.82) is 0 Å². The van der Waals surface area contributed by atoms with Gasteiger partial charge in [0.15, 0.2) is 0 Å². The molecule has 2 heterocycles. The Hall–Kier alpha value is -1.69. The van der Waals surface area contributed by atoms with E-state index < -0.39 is 4.92 Å². The largest absolute Gasteiger partial charge is 0.387 e. The average Bonchev–Trinajstić information content (AvgIpc) is 2.45. The predicted octanol–water partition coefficient (Wildman–Crippen LogP) is 1.82. The van der Waals surface area contributed by atoms with Gasteiger partial charge in [-0.25, -0.2) is 0 Å². The van der Waals surface area contributed by atoms with Crippen molar-refractivity contribution < 1.29 is 4.92 Å². The van der Waals surface area contributed by atoms with E-state index in [-0.39, 0.29) is 5.82 Å². The van der Waals surface area contributed by atoms with Crippen LogP contribution in [-0.4, -0.2) is 36.6 Å². The predicted molar refractivity (Wildman–Crippen MR) is 74.4 cm³/mol. The second-order valence-electron chi connectivity index (χ2n) is 4.93. The summed E-state index contributed by atoms with van der Waals surface area (Å²) < 4.78 is 0. The Morgan fingerprint density at radius 1 is 1.53 bits per heavy atom. The highest BCUT2D eigenvalue weighted by atomic mass is 16.6. The molecule has 6 nitrogen and oxygen atoms in total. The van der Waals surface area contributed by atoms with Crippen LogP contribution in [0.5, 0.6) is 0 Å². The molecule has 1 aliphatic rings. The number of hydrogen-bond donors (Lipinski definition) is 1. The molecule has 0 aromatic carbocycles. The maximum Gasteiger partial charge on any atom is 0.387 e. The number of pyridine rings is 1. The smallest absolute Gasteiger partial charge is 0.365 e. The summed E-state index contributed by atoms with van der Waals surface area (Å²) in [6, 6.07) is 3.55. The number of nitro groups is 1. The summed E-state index contributed by atoms with van der Waals surface area (Å²) in [6.07, 6.45) is 4.84. The highest BCUT2D eigenvalue weighted by Crippen LogP contribution is 2.30. The molecule has 0 radical (unpaired) electrons. The molecule has 1 N–H and O–H groups in total. The van der Waals surface area contributed by atoms with Gasteiger partial charge in [0.1, 0.15) is 11.9 Å². The van der Waals surface area contributed by atoms with Crippen LogP contribution in [0, 0.1) is 16.0 Å². The first-order valence-electron chi connectivity index (χ1n) is 6.71. The van der Waals surface area contributed by atoms with E-state index in [0.29, 0.717) is 5.69 Å². The van der Waals surface area contributed by atoms with E-state index in [4.69, 9.17) is 0 Å². The minimum absolute atomic E-state index is 0.0313. The van der Waals surface area contributed by atoms with E-state index >= 15 is 0 Å². The Bertz CT molecular complexity index is 430. The van der Waals surface area contributed by atoms with Crippen LogP contribution in [0.2, 0.25) is 0 Å². The number of anilines is 1. The Kier molecular flexibility index (Phi) is 4.68. The maximum absolute atomic E-state index is 11.0. The zero-order valence-electron chi connectivity index (χ0n) is 11.2. The van der Waals surface area contributed by atoms with Crippen molar-refractivity contribution in [2.45, 2.75) is 19.3 Å². The molecule has 0 spiro atoms. The van der Waals surface area contributed by atoms with E-state index in [2.05, 4.69) is 15.2 Å². The molecule has 0 atom stereocenters. The fourth-order valence-electron chi connectivity index (χ4n) is 2.59. The van der Waals surface area contributed by atoms with Crippen molar-refractivity contribution in [3.63, 3.8) is 0 Å². The van der Waals surface area contributed by atoms with Crippen molar-refractivity contribution >= 4 is 11.5 Å². The van der Waals surface area contributed by atoms with Crippen molar-refractivity contribution in [3.8, 4) is 0 Å². The van der Waals surface area contributed by atoms with E-state index in [9.17, 15) is 10.1 Å². The zero-order valence-corrected chi connectivity index (χ0v) is 11.2. The van der Waals surface area contributed by atoms with Gasteiger partial charge in [0.25, 0.3) is 0 Å². The van der Waals surface area contributed by atoms with E-state index in [1.807, 2.05) is 7.05 Å². The standard InChI is InChI=1S/C13H20N4O2/c1-14-8-4-11-5-9-16(10-6-11)12-3-2-7-15-13(12)17(18)19/h2-3,7,11,14H,4-6,8-10H2,1H3. The normalized spacial score (nSPS) is 16.6. The third-order valence-corrected chi connectivity index (χ3v) is 3.70. The molecule has 0 amide bonds. The van der Waals surface area contributed by atoms with E-state index in [1.165, 1.54) is 12.6 Å². The lowest BCUT2D eigenvalue weighted by Gasteiger charge is -2.32. The molecule has 0 saturated carbocycles. The highest BCUT2D eigenvalue weighted by Gasteiger charge is 2.24. The molecule has 6 heteroatoms. The third-order valence-electron chi connectivity index (χ3n) is 3.70. The van der Waals surface area contributed by atoms with Crippen molar-refractivity contribution in [1.82, 2.24) is 10.3 Å². The molecule has 1 aromatic rings. The number of nitrogens with one attached hydrogen (secondary N) is 1. The van der Waals surface area contributed by atoms with Gasteiger partial charge in [-0.2, -0.15) is 0 Å². The molecule has 1 saturated heterocycles. The topological polar surface area (TPSA) is 71.3 Å². The van der Waals surface area contributed by atoms with Crippen molar-refractivity contribution in [2.24, 2.45) is 5.92 Å². The first-order chi connectivity index (χ1) is 9.22. The Morgan fingerprint density at radius 3 is 2.89 bits per heavy atom. The molecular formula is C13H20N4O2. The first-order valence-corrected chi connectivity index (χ1v) is 6.71. The quantitative estimate of drug-likeness (QED) is 0.648. The van der Waals surface area contributed by atoms with Crippen LogP contribution in [0.15, 0.2) is 18.3 Å². The summed E-state index contributed by atoms with van der Waals surface area (Å²) in [6.45, 7) is 2.79. The highest BCUT2D eigenvalue weighted by molar-refractivity contribution is 5.59. The van der Waals surface area contributed by atoms with Gasteiger partial charge < -0.3 is 20.3 Å². The molecule has 0 bridgehead atoms. The van der Waals surface area contributed by atoms with Gasteiger partial charge in [0.05, 0.1) is 0 Å². The van der Waals surface area contributed by atoms with Gasteiger partial charge in [0, 0.05) is 13.1 Å². The van der Waals surface area contributed by atoms with Crippen LogP contribution < -0.4 is 10.2 Å². The zero-order chi connectivity index (χ0) is 13.7. The molecule has 19 heavy (non-hydrogen) atoms. The van der Waals surface area contributed by atoms with E-state index in [1.54, 1.807) is 12.1 Å². The van der Waals surface area contributed by atoms with Crippen LogP contribution >= 0.6 is 0 Å². The number of nitrogens with zero attached hydrogens (tertiary/aromatic N) is 3. The molecule has 1 aliphatic heterocycles. The fourth-order valence-corrected chi connectivity index (χ4v) is 2.59. The average molecular weight is 264 g/mol. The van der Waals surface area contributed by atoms with Crippen LogP contribution in [0.4, 0.5) is 11.5 Å². The summed E-state index contributed by atoms with van der Waals surface area (Å²) in [5.41, 5.74) is 0.652. The first kappa shape index (κ1) is 13.7. The van der Waals surface area contributed by atoms with Crippen LogP contribution in [0.1, 0.15) is 19.3 Å². The lowest BCUT2D eigenvalue weighted by molar-refractivity contribution is -0.388. The van der Waals surface area contributed by atoms with Crippen LogP contribution in [0.3, 0.4) is 0 Å². The molecule has 104 valence electrons. The number of aromatic nitrogens is 1.